The first-order valence-corrected chi connectivity index (χ1v) is 8.50. The molecule has 1 aliphatic rings. The van der Waals surface area contributed by atoms with Crippen LogP contribution in [-0.4, -0.2) is 17.6 Å². The van der Waals surface area contributed by atoms with Crippen LogP contribution in [0.4, 0.5) is 5.69 Å². The molecule has 1 aliphatic heterocycles. The van der Waals surface area contributed by atoms with E-state index in [2.05, 4.69) is 10.6 Å². The number of hydrogen-bond donors (Lipinski definition) is 2. The molecule has 0 spiro atoms. The van der Waals surface area contributed by atoms with Crippen molar-refractivity contribution in [2.45, 2.75) is 24.3 Å². The largest absolute Gasteiger partial charge is 0.349 e. The number of rotatable bonds is 4. The standard InChI is InChI=1S/C18H18N2O2S/c1-12(14-5-3-2-4-6-14)19-17(21)10-13-7-8-16-15(9-13)20-18(22)11-23-16/h2-9,12H,10-11H2,1H3,(H,19,21)(H,20,22). The molecule has 0 saturated heterocycles. The van der Waals surface area contributed by atoms with Crippen molar-refractivity contribution >= 4 is 29.3 Å². The van der Waals surface area contributed by atoms with Crippen LogP contribution in [-0.2, 0) is 16.0 Å². The molecule has 2 aromatic rings. The summed E-state index contributed by atoms with van der Waals surface area (Å²) in [5.74, 6) is 0.416. The van der Waals surface area contributed by atoms with Gasteiger partial charge in [-0.05, 0) is 30.2 Å². The fourth-order valence-electron chi connectivity index (χ4n) is 2.54. The first-order chi connectivity index (χ1) is 11.1. The van der Waals surface area contributed by atoms with E-state index < -0.39 is 0 Å². The van der Waals surface area contributed by atoms with Crippen molar-refractivity contribution in [2.24, 2.45) is 0 Å². The number of benzene rings is 2. The summed E-state index contributed by atoms with van der Waals surface area (Å²) >= 11 is 1.52. The highest BCUT2D eigenvalue weighted by Crippen LogP contribution is 2.32. The Hall–Kier alpha value is -2.27. The van der Waals surface area contributed by atoms with E-state index in [0.717, 1.165) is 21.7 Å². The maximum Gasteiger partial charge on any atom is 0.234 e. The van der Waals surface area contributed by atoms with Gasteiger partial charge in [-0.25, -0.2) is 0 Å². The molecule has 0 bridgehead atoms. The minimum atomic E-state index is -0.0314. The third-order valence-corrected chi connectivity index (χ3v) is 4.79. The highest BCUT2D eigenvalue weighted by Gasteiger charge is 2.16. The Labute approximate surface area is 139 Å². The van der Waals surface area contributed by atoms with Crippen LogP contribution in [0, 0.1) is 0 Å². The molecule has 2 N–H and O–H groups in total. The van der Waals surface area contributed by atoms with E-state index >= 15 is 0 Å². The number of nitrogens with one attached hydrogen (secondary N) is 2. The minimum absolute atomic E-state index is 0.00167. The van der Waals surface area contributed by atoms with Gasteiger partial charge in [-0.2, -0.15) is 0 Å². The average molecular weight is 326 g/mol. The number of thioether (sulfide) groups is 1. The molecule has 0 saturated carbocycles. The van der Waals surface area contributed by atoms with Crippen LogP contribution in [0.25, 0.3) is 0 Å². The quantitative estimate of drug-likeness (QED) is 0.907. The fraction of sp³-hybridized carbons (Fsp3) is 0.222. The van der Waals surface area contributed by atoms with Crippen molar-refractivity contribution in [3.63, 3.8) is 0 Å². The Morgan fingerprint density at radius 1 is 1.26 bits per heavy atom. The Bertz CT molecular complexity index is 731. The van der Waals surface area contributed by atoms with Crippen molar-refractivity contribution in [3.8, 4) is 0 Å². The van der Waals surface area contributed by atoms with E-state index in [0.29, 0.717) is 12.2 Å². The van der Waals surface area contributed by atoms with Gasteiger partial charge in [0.05, 0.1) is 23.9 Å². The van der Waals surface area contributed by atoms with Gasteiger partial charge in [-0.1, -0.05) is 36.4 Å². The van der Waals surface area contributed by atoms with Gasteiger partial charge >= 0.3 is 0 Å². The van der Waals surface area contributed by atoms with E-state index in [1.54, 1.807) is 0 Å². The van der Waals surface area contributed by atoms with E-state index in [9.17, 15) is 9.59 Å². The lowest BCUT2D eigenvalue weighted by molar-refractivity contribution is -0.121. The Balaban J connectivity index is 1.64. The Morgan fingerprint density at radius 3 is 2.83 bits per heavy atom. The molecule has 5 heteroatoms. The van der Waals surface area contributed by atoms with E-state index in [4.69, 9.17) is 0 Å². The number of amides is 2. The summed E-state index contributed by atoms with van der Waals surface area (Å²) in [4.78, 5) is 24.7. The summed E-state index contributed by atoms with van der Waals surface area (Å²) in [6, 6.07) is 15.6. The van der Waals surface area contributed by atoms with Crippen molar-refractivity contribution in [1.29, 1.82) is 0 Å². The van der Waals surface area contributed by atoms with Crippen molar-refractivity contribution in [3.05, 3.63) is 59.7 Å². The number of hydrogen-bond acceptors (Lipinski definition) is 3. The molecule has 1 atom stereocenters. The summed E-state index contributed by atoms with van der Waals surface area (Å²) in [5.41, 5.74) is 2.77. The molecule has 0 aliphatic carbocycles. The molecule has 0 radical (unpaired) electrons. The predicted octanol–water partition coefficient (Wildman–Crippen LogP) is 3.15. The van der Waals surface area contributed by atoms with Crippen LogP contribution in [0.15, 0.2) is 53.4 Å². The molecule has 1 heterocycles. The van der Waals surface area contributed by atoms with Gasteiger partial charge in [-0.15, -0.1) is 11.8 Å². The maximum atomic E-state index is 12.2. The first kappa shape index (κ1) is 15.6. The number of carbonyl (C=O) groups excluding carboxylic acids is 2. The lowest BCUT2D eigenvalue weighted by atomic mass is 10.1. The maximum absolute atomic E-state index is 12.2. The molecule has 0 fully saturated rings. The van der Waals surface area contributed by atoms with Gasteiger partial charge in [0.15, 0.2) is 0 Å². The summed E-state index contributed by atoms with van der Waals surface area (Å²) in [6.45, 7) is 1.97. The minimum Gasteiger partial charge on any atom is -0.349 e. The molecule has 2 amide bonds. The number of carbonyl (C=O) groups is 2. The molecule has 3 rings (SSSR count). The zero-order chi connectivity index (χ0) is 16.2. The highest BCUT2D eigenvalue weighted by molar-refractivity contribution is 8.00. The van der Waals surface area contributed by atoms with Gasteiger partial charge in [0.2, 0.25) is 11.8 Å². The molecule has 2 aromatic carbocycles. The number of fused-ring (bicyclic) bond motifs is 1. The van der Waals surface area contributed by atoms with E-state index in [-0.39, 0.29) is 17.9 Å². The number of anilines is 1. The second-order valence-electron chi connectivity index (χ2n) is 5.54. The van der Waals surface area contributed by atoms with Gasteiger partial charge in [0.1, 0.15) is 0 Å². The molecule has 0 aromatic heterocycles. The first-order valence-electron chi connectivity index (χ1n) is 7.52. The lowest BCUT2D eigenvalue weighted by Crippen LogP contribution is -2.28. The average Bonchev–Trinajstić information content (AvgIpc) is 2.55. The molecule has 118 valence electrons. The molecule has 1 unspecified atom stereocenters. The second kappa shape index (κ2) is 6.87. The van der Waals surface area contributed by atoms with Crippen molar-refractivity contribution in [2.75, 3.05) is 11.1 Å². The normalized spacial score (nSPS) is 14.6. The summed E-state index contributed by atoms with van der Waals surface area (Å²) < 4.78 is 0. The van der Waals surface area contributed by atoms with E-state index in [1.165, 1.54) is 11.8 Å². The third-order valence-electron chi connectivity index (χ3n) is 3.72. The molecular weight excluding hydrogens is 308 g/mol. The second-order valence-corrected chi connectivity index (χ2v) is 6.56. The van der Waals surface area contributed by atoms with Gasteiger partial charge in [-0.3, -0.25) is 9.59 Å². The smallest absolute Gasteiger partial charge is 0.234 e. The van der Waals surface area contributed by atoms with Gasteiger partial charge in [0.25, 0.3) is 0 Å². The summed E-state index contributed by atoms with van der Waals surface area (Å²) in [5, 5.41) is 5.85. The zero-order valence-electron chi connectivity index (χ0n) is 12.8. The monoisotopic (exact) mass is 326 g/mol. The predicted molar refractivity (Wildman–Crippen MR) is 92.5 cm³/mol. The van der Waals surface area contributed by atoms with Crippen LogP contribution < -0.4 is 10.6 Å². The van der Waals surface area contributed by atoms with Crippen molar-refractivity contribution in [1.82, 2.24) is 5.32 Å². The Morgan fingerprint density at radius 2 is 2.04 bits per heavy atom. The van der Waals surface area contributed by atoms with Crippen LogP contribution >= 0.6 is 11.8 Å². The summed E-state index contributed by atoms with van der Waals surface area (Å²) in [6.07, 6.45) is 0.297. The molecule has 4 nitrogen and oxygen atoms in total. The van der Waals surface area contributed by atoms with E-state index in [1.807, 2.05) is 55.5 Å². The lowest BCUT2D eigenvalue weighted by Gasteiger charge is -2.18. The molecular formula is C18H18N2O2S. The fourth-order valence-corrected chi connectivity index (χ4v) is 3.33. The van der Waals surface area contributed by atoms with Crippen LogP contribution in [0.3, 0.4) is 0 Å². The third kappa shape index (κ3) is 3.93. The van der Waals surface area contributed by atoms with Gasteiger partial charge in [0, 0.05) is 4.90 Å². The Kier molecular flexibility index (Phi) is 4.67. The van der Waals surface area contributed by atoms with Crippen LogP contribution in [0.1, 0.15) is 24.1 Å². The highest BCUT2D eigenvalue weighted by atomic mass is 32.2. The SMILES string of the molecule is CC(NC(=O)Cc1ccc2c(c1)NC(=O)CS2)c1ccccc1. The van der Waals surface area contributed by atoms with Gasteiger partial charge < -0.3 is 10.6 Å². The zero-order valence-corrected chi connectivity index (χ0v) is 13.7. The van der Waals surface area contributed by atoms with Crippen LogP contribution in [0.5, 0.6) is 0 Å². The molecule has 23 heavy (non-hydrogen) atoms. The topological polar surface area (TPSA) is 58.2 Å². The van der Waals surface area contributed by atoms with Crippen molar-refractivity contribution < 1.29 is 9.59 Å². The summed E-state index contributed by atoms with van der Waals surface area (Å²) in [7, 11) is 0. The van der Waals surface area contributed by atoms with Crippen LogP contribution in [0.2, 0.25) is 0 Å².